The molecular formula is C15H14N4O3. The summed E-state index contributed by atoms with van der Waals surface area (Å²) in [4.78, 5) is 20.9. The first kappa shape index (κ1) is 14.1. The van der Waals surface area contributed by atoms with Gasteiger partial charge < -0.3 is 9.15 Å². The van der Waals surface area contributed by atoms with E-state index in [2.05, 4.69) is 20.2 Å². The van der Waals surface area contributed by atoms with Crippen molar-refractivity contribution >= 4 is 17.0 Å². The molecule has 7 heteroatoms. The van der Waals surface area contributed by atoms with Crippen LogP contribution in [0, 0.1) is 20.8 Å². The lowest BCUT2D eigenvalue weighted by molar-refractivity contribution is 0.0437. The number of carbonyl (C=O) groups excluding carboxylic acids is 1. The van der Waals surface area contributed by atoms with Gasteiger partial charge in [0.1, 0.15) is 0 Å². The third-order valence-corrected chi connectivity index (χ3v) is 3.21. The van der Waals surface area contributed by atoms with Crippen molar-refractivity contribution in [2.24, 2.45) is 0 Å². The van der Waals surface area contributed by atoms with Crippen molar-refractivity contribution in [1.82, 2.24) is 20.2 Å². The number of fused-ring (bicyclic) bond motifs is 1. The minimum absolute atomic E-state index is 0.0592. The predicted octanol–water partition coefficient (Wildman–Crippen LogP) is 2.30. The molecule has 3 aromatic rings. The molecule has 0 fully saturated rings. The van der Waals surface area contributed by atoms with Crippen LogP contribution in [-0.2, 0) is 11.3 Å². The van der Waals surface area contributed by atoms with Crippen molar-refractivity contribution in [3.63, 3.8) is 0 Å². The van der Waals surface area contributed by atoms with Crippen molar-refractivity contribution < 1.29 is 13.9 Å². The number of aryl methyl sites for hydroxylation is 3. The van der Waals surface area contributed by atoms with Gasteiger partial charge in [-0.15, -0.1) is 10.2 Å². The highest BCUT2D eigenvalue weighted by Crippen LogP contribution is 2.15. The van der Waals surface area contributed by atoms with Crippen molar-refractivity contribution in [3.8, 4) is 0 Å². The minimum Gasteiger partial charge on any atom is -0.452 e. The molecule has 2 aromatic heterocycles. The van der Waals surface area contributed by atoms with Crippen molar-refractivity contribution in [2.75, 3.05) is 0 Å². The molecule has 0 unspecified atom stereocenters. The predicted molar refractivity (Wildman–Crippen MR) is 77.2 cm³/mol. The summed E-state index contributed by atoms with van der Waals surface area (Å²) in [5.41, 5.74) is 3.51. The second kappa shape index (κ2) is 5.51. The van der Waals surface area contributed by atoms with Crippen LogP contribution in [0.5, 0.6) is 0 Å². The van der Waals surface area contributed by atoms with Crippen LogP contribution in [0.2, 0.25) is 0 Å². The summed E-state index contributed by atoms with van der Waals surface area (Å²) in [5, 5.41) is 7.44. The number of carbonyl (C=O) groups is 1. The number of esters is 1. The average molecular weight is 298 g/mol. The molecule has 7 nitrogen and oxygen atoms in total. The smallest absolute Gasteiger partial charge is 0.338 e. The monoisotopic (exact) mass is 298 g/mol. The van der Waals surface area contributed by atoms with Crippen LogP contribution in [0.1, 0.15) is 33.5 Å². The molecule has 2 heterocycles. The second-order valence-electron chi connectivity index (χ2n) is 4.89. The number of hydrogen-bond acceptors (Lipinski definition) is 7. The van der Waals surface area contributed by atoms with E-state index >= 15 is 0 Å². The van der Waals surface area contributed by atoms with Crippen molar-refractivity contribution in [2.45, 2.75) is 27.4 Å². The zero-order valence-electron chi connectivity index (χ0n) is 12.5. The van der Waals surface area contributed by atoms with Gasteiger partial charge in [0, 0.05) is 6.92 Å². The van der Waals surface area contributed by atoms with Crippen molar-refractivity contribution in [1.29, 1.82) is 0 Å². The van der Waals surface area contributed by atoms with E-state index in [1.54, 1.807) is 25.1 Å². The van der Waals surface area contributed by atoms with Crippen LogP contribution in [0.4, 0.5) is 0 Å². The van der Waals surface area contributed by atoms with Gasteiger partial charge in [-0.05, 0) is 32.0 Å². The number of rotatable bonds is 3. The number of ether oxygens (including phenoxy) is 1. The summed E-state index contributed by atoms with van der Waals surface area (Å²) in [6, 6.07) is 5.07. The van der Waals surface area contributed by atoms with Gasteiger partial charge in [-0.2, -0.15) is 0 Å². The SMILES string of the molecule is Cc1nnc(COC(=O)c2ccc3nc(C)c(C)nc3c2)o1. The lowest BCUT2D eigenvalue weighted by atomic mass is 10.2. The van der Waals surface area contributed by atoms with E-state index in [0.29, 0.717) is 17.0 Å². The fraction of sp³-hybridized carbons (Fsp3) is 0.267. The molecule has 0 aliphatic heterocycles. The van der Waals surface area contributed by atoms with Gasteiger partial charge in [-0.1, -0.05) is 0 Å². The van der Waals surface area contributed by atoms with E-state index in [-0.39, 0.29) is 12.5 Å². The van der Waals surface area contributed by atoms with Crippen LogP contribution in [0.3, 0.4) is 0 Å². The molecule has 0 spiro atoms. The quantitative estimate of drug-likeness (QED) is 0.685. The first-order valence-electron chi connectivity index (χ1n) is 6.74. The van der Waals surface area contributed by atoms with E-state index in [1.165, 1.54) is 0 Å². The summed E-state index contributed by atoms with van der Waals surface area (Å²) >= 11 is 0. The van der Waals surface area contributed by atoms with Crippen LogP contribution < -0.4 is 0 Å². The van der Waals surface area contributed by atoms with Gasteiger partial charge in [0.25, 0.3) is 5.89 Å². The normalized spacial score (nSPS) is 10.9. The highest BCUT2D eigenvalue weighted by molar-refractivity contribution is 5.93. The zero-order chi connectivity index (χ0) is 15.7. The Morgan fingerprint density at radius 2 is 1.82 bits per heavy atom. The van der Waals surface area contributed by atoms with E-state index < -0.39 is 5.97 Å². The number of nitrogens with zero attached hydrogens (tertiary/aromatic N) is 4. The van der Waals surface area contributed by atoms with Gasteiger partial charge in [0.05, 0.1) is 28.0 Å². The summed E-state index contributed by atoms with van der Waals surface area (Å²) in [6.45, 7) is 5.39. The fourth-order valence-electron chi connectivity index (χ4n) is 1.96. The highest BCUT2D eigenvalue weighted by atomic mass is 16.5. The van der Waals surface area contributed by atoms with E-state index in [1.807, 2.05) is 13.8 Å². The Bertz CT molecular complexity index is 857. The number of aromatic nitrogens is 4. The van der Waals surface area contributed by atoms with E-state index in [0.717, 1.165) is 16.9 Å². The lowest BCUT2D eigenvalue weighted by Crippen LogP contribution is -2.06. The van der Waals surface area contributed by atoms with E-state index in [4.69, 9.17) is 9.15 Å². The molecule has 0 aliphatic carbocycles. The van der Waals surface area contributed by atoms with Gasteiger partial charge in [0.2, 0.25) is 5.89 Å². The summed E-state index contributed by atoms with van der Waals surface area (Å²) in [5.74, 6) is 0.216. The fourth-order valence-corrected chi connectivity index (χ4v) is 1.96. The van der Waals surface area contributed by atoms with Crippen molar-refractivity contribution in [3.05, 3.63) is 46.9 Å². The van der Waals surface area contributed by atoms with Gasteiger partial charge in [-0.25, -0.2) is 14.8 Å². The molecule has 0 N–H and O–H groups in total. The maximum absolute atomic E-state index is 12.1. The first-order chi connectivity index (χ1) is 10.5. The largest absolute Gasteiger partial charge is 0.452 e. The molecule has 3 rings (SSSR count). The van der Waals surface area contributed by atoms with Crippen LogP contribution in [0.25, 0.3) is 11.0 Å². The van der Waals surface area contributed by atoms with Gasteiger partial charge in [-0.3, -0.25) is 0 Å². The molecule has 0 bridgehead atoms. The first-order valence-corrected chi connectivity index (χ1v) is 6.74. The average Bonchev–Trinajstić information content (AvgIpc) is 2.91. The lowest BCUT2D eigenvalue weighted by Gasteiger charge is -2.05. The number of hydrogen-bond donors (Lipinski definition) is 0. The molecule has 0 saturated heterocycles. The Hall–Kier alpha value is -2.83. The Morgan fingerprint density at radius 1 is 1.09 bits per heavy atom. The van der Waals surface area contributed by atoms with Crippen LogP contribution in [-0.4, -0.2) is 26.1 Å². The Morgan fingerprint density at radius 3 is 2.50 bits per heavy atom. The topological polar surface area (TPSA) is 91.0 Å². The minimum atomic E-state index is -0.474. The maximum atomic E-state index is 12.1. The molecule has 0 radical (unpaired) electrons. The summed E-state index contributed by atoms with van der Waals surface area (Å²) in [6.07, 6.45) is 0. The van der Waals surface area contributed by atoms with Gasteiger partial charge >= 0.3 is 5.97 Å². The third kappa shape index (κ3) is 2.78. The molecular weight excluding hydrogens is 284 g/mol. The summed E-state index contributed by atoms with van der Waals surface area (Å²) < 4.78 is 10.3. The number of benzene rings is 1. The van der Waals surface area contributed by atoms with E-state index in [9.17, 15) is 4.79 Å². The standard InChI is InChI=1S/C15H14N4O3/c1-8-9(2)17-13-6-11(4-5-12(13)16-8)15(20)21-7-14-19-18-10(3)22-14/h4-6H,7H2,1-3H3. The highest BCUT2D eigenvalue weighted by Gasteiger charge is 2.12. The molecule has 0 aliphatic rings. The second-order valence-corrected chi connectivity index (χ2v) is 4.89. The third-order valence-electron chi connectivity index (χ3n) is 3.21. The van der Waals surface area contributed by atoms with Crippen LogP contribution in [0.15, 0.2) is 22.6 Å². The molecule has 112 valence electrons. The van der Waals surface area contributed by atoms with Crippen LogP contribution >= 0.6 is 0 Å². The zero-order valence-corrected chi connectivity index (χ0v) is 12.5. The molecule has 0 amide bonds. The molecule has 0 saturated carbocycles. The van der Waals surface area contributed by atoms with Gasteiger partial charge in [0.15, 0.2) is 6.61 Å². The summed E-state index contributed by atoms with van der Waals surface area (Å²) in [7, 11) is 0. The molecule has 1 aromatic carbocycles. The molecule has 0 atom stereocenters. The Balaban J connectivity index is 1.80. The maximum Gasteiger partial charge on any atom is 0.338 e. The Kier molecular flexibility index (Phi) is 3.54. The molecule has 22 heavy (non-hydrogen) atoms. The Labute approximate surface area is 126 Å².